The van der Waals surface area contributed by atoms with Crippen molar-refractivity contribution in [1.29, 1.82) is 0 Å². The fourth-order valence-corrected chi connectivity index (χ4v) is 6.22. The molecule has 41 heavy (non-hydrogen) atoms. The zero-order valence-electron chi connectivity index (χ0n) is 24.2. The van der Waals surface area contributed by atoms with Crippen molar-refractivity contribution in [1.82, 2.24) is 30.1 Å². The molecule has 9 heteroatoms. The molecule has 0 amide bonds. The highest BCUT2D eigenvalue weighted by Crippen LogP contribution is 2.36. The molecule has 2 fully saturated rings. The van der Waals surface area contributed by atoms with Crippen LogP contribution in [0.3, 0.4) is 0 Å². The van der Waals surface area contributed by atoms with Gasteiger partial charge >= 0.3 is 0 Å². The summed E-state index contributed by atoms with van der Waals surface area (Å²) in [6.45, 7) is 11.7. The number of nitrogen functional groups attached to an aromatic ring is 1. The molecule has 0 radical (unpaired) electrons. The number of hydrogen-bond donors (Lipinski definition) is 2. The molecule has 2 atom stereocenters. The molecule has 218 valence electrons. The van der Waals surface area contributed by atoms with Crippen molar-refractivity contribution >= 4 is 5.82 Å². The lowest BCUT2D eigenvalue weighted by Gasteiger charge is -2.38. The first-order valence-corrected chi connectivity index (χ1v) is 15.1. The van der Waals surface area contributed by atoms with Crippen LogP contribution in [-0.2, 0) is 17.6 Å². The number of aromatic nitrogens is 2. The lowest BCUT2D eigenvalue weighted by Crippen LogP contribution is -2.51. The number of anilines is 1. The smallest absolute Gasteiger partial charge is 0.161 e. The van der Waals surface area contributed by atoms with Gasteiger partial charge in [-0.1, -0.05) is 30.3 Å². The minimum absolute atomic E-state index is 0.164. The van der Waals surface area contributed by atoms with Gasteiger partial charge in [0.05, 0.1) is 24.9 Å². The highest BCUT2D eigenvalue weighted by Gasteiger charge is 2.32. The number of morpholine rings is 1. The maximum absolute atomic E-state index is 6.76. The fraction of sp³-hybridized carbons (Fsp3) is 0.500. The third-order valence-corrected chi connectivity index (χ3v) is 8.53. The quantitative estimate of drug-likeness (QED) is 0.412. The second-order valence-electron chi connectivity index (χ2n) is 11.4. The van der Waals surface area contributed by atoms with Gasteiger partial charge in [-0.25, -0.2) is 9.97 Å². The Morgan fingerprint density at radius 3 is 2.56 bits per heavy atom. The fourth-order valence-electron chi connectivity index (χ4n) is 6.22. The number of hydrogen-bond acceptors (Lipinski definition) is 9. The van der Waals surface area contributed by atoms with E-state index in [1.807, 2.05) is 29.3 Å². The molecular weight excluding hydrogens is 514 g/mol. The van der Waals surface area contributed by atoms with Crippen LogP contribution in [0.25, 0.3) is 11.4 Å². The first-order chi connectivity index (χ1) is 20.1. The summed E-state index contributed by atoms with van der Waals surface area (Å²) in [6.07, 6.45) is 2.90. The number of ether oxygens (including phenoxy) is 1. The van der Waals surface area contributed by atoms with Gasteiger partial charge in [-0.05, 0) is 62.7 Å². The van der Waals surface area contributed by atoms with Crippen LogP contribution in [0.2, 0.25) is 0 Å². The zero-order chi connectivity index (χ0) is 28.0. The largest absolute Gasteiger partial charge is 0.406 e. The van der Waals surface area contributed by atoms with Crippen LogP contribution >= 0.6 is 0 Å². The van der Waals surface area contributed by atoms with E-state index in [9.17, 15) is 0 Å². The van der Waals surface area contributed by atoms with Gasteiger partial charge < -0.3 is 20.6 Å². The first-order valence-electron chi connectivity index (χ1n) is 15.1. The average molecular weight is 558 g/mol. The second-order valence-corrected chi connectivity index (χ2v) is 11.4. The van der Waals surface area contributed by atoms with Gasteiger partial charge in [0.15, 0.2) is 5.82 Å². The van der Waals surface area contributed by atoms with Crippen LogP contribution in [0, 0.1) is 0 Å². The molecular formula is C32H43N7O2. The third-order valence-electron chi connectivity index (χ3n) is 8.53. The van der Waals surface area contributed by atoms with Crippen LogP contribution in [0.4, 0.5) is 5.82 Å². The average Bonchev–Trinajstić information content (AvgIpc) is 3.00. The Hall–Kier alpha value is -3.08. The van der Waals surface area contributed by atoms with Gasteiger partial charge in [-0.3, -0.25) is 9.80 Å². The molecule has 3 N–H and O–H groups in total. The normalized spacial score (nSPS) is 22.4. The molecule has 1 aromatic heterocycles. The maximum Gasteiger partial charge on any atom is 0.161 e. The number of nitrogens with one attached hydrogen (secondary N) is 1. The van der Waals surface area contributed by atoms with Crippen molar-refractivity contribution in [3.05, 3.63) is 71.4 Å². The van der Waals surface area contributed by atoms with Gasteiger partial charge in [0.2, 0.25) is 0 Å². The van der Waals surface area contributed by atoms with Crippen LogP contribution in [0.1, 0.15) is 36.2 Å². The van der Waals surface area contributed by atoms with Crippen LogP contribution in [0.15, 0.2) is 54.6 Å². The Morgan fingerprint density at radius 2 is 1.78 bits per heavy atom. The van der Waals surface area contributed by atoms with Gasteiger partial charge in [0, 0.05) is 62.9 Å². The SMILES string of the molecule is CC1CNCCN1Oc1ccc(-c2nc(N)c3c(n2)CCN(CCCN2CCOCC2)C3Cc2ccccc2)cc1. The molecule has 6 rings (SSSR count). The number of fused-ring (bicyclic) bond motifs is 1. The Bertz CT molecular complexity index is 1270. The van der Waals surface area contributed by atoms with Crippen molar-refractivity contribution in [2.24, 2.45) is 0 Å². The molecule has 3 aliphatic rings. The highest BCUT2D eigenvalue weighted by atomic mass is 16.7. The summed E-state index contributed by atoms with van der Waals surface area (Å²) < 4.78 is 5.52. The summed E-state index contributed by atoms with van der Waals surface area (Å²) in [5.41, 5.74) is 11.2. The number of rotatable bonds is 9. The highest BCUT2D eigenvalue weighted by molar-refractivity contribution is 5.60. The number of benzene rings is 2. The maximum atomic E-state index is 6.76. The Balaban J connectivity index is 1.19. The van der Waals surface area contributed by atoms with Crippen LogP contribution < -0.4 is 15.9 Å². The monoisotopic (exact) mass is 557 g/mol. The Morgan fingerprint density at radius 1 is 0.976 bits per heavy atom. The van der Waals surface area contributed by atoms with E-state index in [2.05, 4.69) is 52.4 Å². The lowest BCUT2D eigenvalue weighted by molar-refractivity contribution is -0.0999. The zero-order valence-corrected chi connectivity index (χ0v) is 24.2. The minimum atomic E-state index is 0.164. The van der Waals surface area contributed by atoms with Gasteiger partial charge in [-0.2, -0.15) is 0 Å². The minimum Gasteiger partial charge on any atom is -0.406 e. The number of piperazine rings is 1. The first kappa shape index (κ1) is 28.1. The summed E-state index contributed by atoms with van der Waals surface area (Å²) in [5, 5.41) is 5.43. The summed E-state index contributed by atoms with van der Waals surface area (Å²) in [4.78, 5) is 21.2. The molecule has 0 spiro atoms. The van der Waals surface area contributed by atoms with Gasteiger partial charge in [-0.15, -0.1) is 5.06 Å². The number of nitrogens with two attached hydrogens (primary N) is 1. The van der Waals surface area contributed by atoms with Crippen molar-refractivity contribution in [3.8, 4) is 17.1 Å². The summed E-state index contributed by atoms with van der Waals surface area (Å²) in [6, 6.07) is 19.3. The predicted octanol–water partition coefficient (Wildman–Crippen LogP) is 3.18. The molecule has 2 saturated heterocycles. The Kier molecular flexibility index (Phi) is 9.08. The van der Waals surface area contributed by atoms with Gasteiger partial charge in [0.1, 0.15) is 11.6 Å². The topological polar surface area (TPSA) is 92.0 Å². The van der Waals surface area contributed by atoms with Crippen molar-refractivity contribution < 1.29 is 9.57 Å². The summed E-state index contributed by atoms with van der Waals surface area (Å²) >= 11 is 0. The number of nitrogens with zero attached hydrogens (tertiary/aromatic N) is 5. The summed E-state index contributed by atoms with van der Waals surface area (Å²) in [5.74, 6) is 2.10. The number of hydroxylamine groups is 2. The standard InChI is InChI=1S/C32H43N7O2/c1-24-23-34-13-17-39(24)41-27-10-8-26(9-11-27)32-35-28-12-16-38(15-5-14-37-18-20-40-21-19-37)29(30(28)31(33)36-32)22-25-6-3-2-4-7-25/h2-4,6-11,24,29,34H,5,12-23H2,1H3,(H2,33,35,36). The van der Waals surface area contributed by atoms with E-state index in [0.717, 1.165) is 107 Å². The Labute approximate surface area is 243 Å². The third kappa shape index (κ3) is 6.88. The molecule has 4 heterocycles. The van der Waals surface area contributed by atoms with Crippen molar-refractivity contribution in [2.75, 3.05) is 71.3 Å². The molecule has 2 unspecified atom stereocenters. The van der Waals surface area contributed by atoms with Crippen LogP contribution in [-0.4, -0.2) is 96.4 Å². The van der Waals surface area contributed by atoms with E-state index in [4.69, 9.17) is 25.3 Å². The lowest BCUT2D eigenvalue weighted by atomic mass is 9.91. The molecule has 0 bridgehead atoms. The van der Waals surface area contributed by atoms with E-state index < -0.39 is 0 Å². The van der Waals surface area contributed by atoms with E-state index in [1.165, 1.54) is 5.56 Å². The van der Waals surface area contributed by atoms with Crippen molar-refractivity contribution in [3.63, 3.8) is 0 Å². The molecule has 2 aromatic carbocycles. The van der Waals surface area contributed by atoms with E-state index >= 15 is 0 Å². The molecule has 9 nitrogen and oxygen atoms in total. The molecule has 0 saturated carbocycles. The van der Waals surface area contributed by atoms with E-state index in [-0.39, 0.29) is 6.04 Å². The predicted molar refractivity (Wildman–Crippen MR) is 162 cm³/mol. The van der Waals surface area contributed by atoms with E-state index in [0.29, 0.717) is 17.7 Å². The van der Waals surface area contributed by atoms with Crippen molar-refractivity contribution in [2.45, 2.75) is 38.3 Å². The summed E-state index contributed by atoms with van der Waals surface area (Å²) in [7, 11) is 0. The molecule has 0 aliphatic carbocycles. The molecule has 3 aromatic rings. The van der Waals surface area contributed by atoms with Crippen LogP contribution in [0.5, 0.6) is 5.75 Å². The second kappa shape index (κ2) is 13.3. The molecule has 3 aliphatic heterocycles. The van der Waals surface area contributed by atoms with E-state index in [1.54, 1.807) is 0 Å². The van der Waals surface area contributed by atoms with Gasteiger partial charge in [0.25, 0.3) is 0 Å².